The summed E-state index contributed by atoms with van der Waals surface area (Å²) >= 11 is 0. The summed E-state index contributed by atoms with van der Waals surface area (Å²) in [6.07, 6.45) is 2.25. The van der Waals surface area contributed by atoms with E-state index < -0.39 is 12.0 Å². The summed E-state index contributed by atoms with van der Waals surface area (Å²) in [5.74, 6) is 0.385. The maximum absolute atomic E-state index is 12.0. The number of aromatic nitrogens is 1. The Morgan fingerprint density at radius 3 is 2.55 bits per heavy atom. The maximum Gasteiger partial charge on any atom is 0.321 e. The molecule has 0 saturated carbocycles. The number of aromatic amines is 1. The Morgan fingerprint density at radius 1 is 0.970 bits per heavy atom. The lowest BCUT2D eigenvalue weighted by molar-refractivity contribution is -0.139. The average molecular weight is 445 g/mol. The largest absolute Gasteiger partial charge is 0.490 e. The Hall–Kier alpha value is -3.77. The second-order valence-electron chi connectivity index (χ2n) is 7.79. The van der Waals surface area contributed by atoms with Crippen LogP contribution in [0.2, 0.25) is 0 Å². The molecule has 0 aliphatic rings. The minimum Gasteiger partial charge on any atom is -0.490 e. The van der Waals surface area contributed by atoms with Crippen molar-refractivity contribution < 1.29 is 19.4 Å². The first-order chi connectivity index (χ1) is 16.2. The van der Waals surface area contributed by atoms with Crippen molar-refractivity contribution in [3.8, 4) is 11.5 Å². The summed E-state index contributed by atoms with van der Waals surface area (Å²) in [6.45, 7) is 3.17. The molecule has 33 heavy (non-hydrogen) atoms. The number of ether oxygens (including phenoxy) is 2. The SMILES string of the molecule is CCOc1cccc(CN[C@@H](Cc2c[nH]c3ccccc23)C(=O)O)c1OCc1ccccc1. The molecule has 0 saturated heterocycles. The molecule has 0 fully saturated rings. The predicted octanol–water partition coefficient (Wildman–Crippen LogP) is 4.93. The lowest BCUT2D eigenvalue weighted by Gasteiger charge is -2.19. The number of para-hydroxylation sites is 2. The average Bonchev–Trinajstić information content (AvgIpc) is 3.24. The van der Waals surface area contributed by atoms with E-state index in [4.69, 9.17) is 9.47 Å². The number of hydrogen-bond acceptors (Lipinski definition) is 4. The van der Waals surface area contributed by atoms with Gasteiger partial charge in [-0.25, -0.2) is 0 Å². The third kappa shape index (κ3) is 5.54. The van der Waals surface area contributed by atoms with Gasteiger partial charge in [0.1, 0.15) is 12.6 Å². The van der Waals surface area contributed by atoms with Gasteiger partial charge in [-0.3, -0.25) is 10.1 Å². The van der Waals surface area contributed by atoms with Crippen molar-refractivity contribution in [1.29, 1.82) is 0 Å². The molecule has 0 amide bonds. The van der Waals surface area contributed by atoms with Gasteiger partial charge in [-0.1, -0.05) is 60.7 Å². The van der Waals surface area contributed by atoms with Crippen molar-refractivity contribution in [3.63, 3.8) is 0 Å². The summed E-state index contributed by atoms with van der Waals surface area (Å²) in [4.78, 5) is 15.2. The Morgan fingerprint density at radius 2 is 1.76 bits per heavy atom. The molecule has 3 N–H and O–H groups in total. The van der Waals surface area contributed by atoms with Crippen LogP contribution in [0.1, 0.15) is 23.6 Å². The first-order valence-corrected chi connectivity index (χ1v) is 11.1. The first kappa shape index (κ1) is 22.4. The van der Waals surface area contributed by atoms with Crippen molar-refractivity contribution in [3.05, 3.63) is 95.7 Å². The molecule has 4 rings (SSSR count). The third-order valence-electron chi connectivity index (χ3n) is 5.52. The van der Waals surface area contributed by atoms with Crippen LogP contribution in [-0.4, -0.2) is 28.7 Å². The van der Waals surface area contributed by atoms with Crippen LogP contribution in [0.4, 0.5) is 0 Å². The number of rotatable bonds is 11. The van der Waals surface area contributed by atoms with Crippen LogP contribution in [0, 0.1) is 0 Å². The quantitative estimate of drug-likeness (QED) is 0.305. The molecule has 0 radical (unpaired) electrons. The van der Waals surface area contributed by atoms with Crippen molar-refractivity contribution >= 4 is 16.9 Å². The van der Waals surface area contributed by atoms with Crippen molar-refractivity contribution in [2.24, 2.45) is 0 Å². The highest BCUT2D eigenvalue weighted by Gasteiger charge is 2.21. The highest BCUT2D eigenvalue weighted by Crippen LogP contribution is 2.32. The molecule has 0 spiro atoms. The molecular weight excluding hydrogens is 416 g/mol. The number of aliphatic carboxylic acids is 1. The molecule has 0 bridgehead atoms. The molecule has 0 unspecified atom stereocenters. The lowest BCUT2D eigenvalue weighted by Crippen LogP contribution is -2.38. The van der Waals surface area contributed by atoms with Crippen LogP contribution >= 0.6 is 0 Å². The van der Waals surface area contributed by atoms with Crippen molar-refractivity contribution in [1.82, 2.24) is 10.3 Å². The van der Waals surface area contributed by atoms with E-state index in [0.29, 0.717) is 37.7 Å². The van der Waals surface area contributed by atoms with E-state index in [2.05, 4.69) is 10.3 Å². The summed E-state index contributed by atoms with van der Waals surface area (Å²) in [7, 11) is 0. The monoisotopic (exact) mass is 444 g/mol. The lowest BCUT2D eigenvalue weighted by atomic mass is 10.0. The fourth-order valence-corrected chi connectivity index (χ4v) is 3.86. The zero-order valence-electron chi connectivity index (χ0n) is 18.6. The van der Waals surface area contributed by atoms with E-state index in [1.54, 1.807) is 0 Å². The van der Waals surface area contributed by atoms with Crippen LogP contribution in [0.25, 0.3) is 10.9 Å². The molecule has 3 aromatic carbocycles. The van der Waals surface area contributed by atoms with E-state index >= 15 is 0 Å². The minimum absolute atomic E-state index is 0.338. The third-order valence-corrected chi connectivity index (χ3v) is 5.52. The van der Waals surface area contributed by atoms with E-state index in [9.17, 15) is 9.90 Å². The number of H-pyrrole nitrogens is 1. The number of benzene rings is 3. The van der Waals surface area contributed by atoms with Gasteiger partial charge in [0.25, 0.3) is 0 Å². The number of fused-ring (bicyclic) bond motifs is 1. The molecule has 170 valence electrons. The first-order valence-electron chi connectivity index (χ1n) is 11.1. The fraction of sp³-hybridized carbons (Fsp3) is 0.222. The molecular formula is C27H28N2O4. The zero-order chi connectivity index (χ0) is 23.0. The van der Waals surface area contributed by atoms with Gasteiger partial charge in [0.05, 0.1) is 6.61 Å². The van der Waals surface area contributed by atoms with E-state index in [-0.39, 0.29) is 0 Å². The second-order valence-corrected chi connectivity index (χ2v) is 7.79. The Bertz CT molecular complexity index is 1200. The zero-order valence-corrected chi connectivity index (χ0v) is 18.6. The molecule has 4 aromatic rings. The van der Waals surface area contributed by atoms with E-state index in [1.807, 2.05) is 85.9 Å². The summed E-state index contributed by atoms with van der Waals surface area (Å²) < 4.78 is 11.9. The standard InChI is InChI=1S/C27H28N2O4/c1-2-32-25-14-8-11-20(26(25)33-18-19-9-4-3-5-10-19)16-29-24(27(30)31)15-21-17-28-23-13-7-6-12-22(21)23/h3-14,17,24,28-29H,2,15-16,18H2,1H3,(H,30,31)/t24-/m0/s1. The number of carbonyl (C=O) groups is 1. The van der Waals surface area contributed by atoms with Gasteiger partial charge in [0, 0.05) is 35.6 Å². The molecule has 1 aromatic heterocycles. The van der Waals surface area contributed by atoms with Gasteiger partial charge < -0.3 is 19.6 Å². The summed E-state index contributed by atoms with van der Waals surface area (Å²) in [6, 6.07) is 22.8. The van der Waals surface area contributed by atoms with Crippen LogP contribution in [0.15, 0.2) is 79.0 Å². The molecule has 1 heterocycles. The molecule has 6 nitrogen and oxygen atoms in total. The Balaban J connectivity index is 1.51. The molecule has 0 aliphatic heterocycles. The predicted molar refractivity (Wildman–Crippen MR) is 129 cm³/mol. The molecule has 0 aliphatic carbocycles. The van der Waals surface area contributed by atoms with E-state index in [0.717, 1.165) is 27.6 Å². The number of nitrogens with one attached hydrogen (secondary N) is 2. The molecule has 6 heteroatoms. The molecule has 1 atom stereocenters. The highest BCUT2D eigenvalue weighted by molar-refractivity contribution is 5.84. The van der Waals surface area contributed by atoms with Gasteiger partial charge in [0.15, 0.2) is 11.5 Å². The number of carboxylic acids is 1. The maximum atomic E-state index is 12.0. The van der Waals surface area contributed by atoms with Gasteiger partial charge in [0.2, 0.25) is 0 Å². The Kier molecular flexibility index (Phi) is 7.27. The number of carboxylic acid groups (broad SMARTS) is 1. The smallest absolute Gasteiger partial charge is 0.321 e. The van der Waals surface area contributed by atoms with Crippen molar-refractivity contribution in [2.45, 2.75) is 32.5 Å². The van der Waals surface area contributed by atoms with Crippen LogP contribution in [-0.2, 0) is 24.4 Å². The topological polar surface area (TPSA) is 83.6 Å². The number of hydrogen-bond donors (Lipinski definition) is 3. The fourth-order valence-electron chi connectivity index (χ4n) is 3.86. The van der Waals surface area contributed by atoms with Crippen LogP contribution in [0.5, 0.6) is 11.5 Å². The van der Waals surface area contributed by atoms with E-state index in [1.165, 1.54) is 0 Å². The van der Waals surface area contributed by atoms with Crippen LogP contribution in [0.3, 0.4) is 0 Å². The van der Waals surface area contributed by atoms with Gasteiger partial charge in [-0.2, -0.15) is 0 Å². The van der Waals surface area contributed by atoms with Crippen LogP contribution < -0.4 is 14.8 Å². The normalized spacial score (nSPS) is 11.9. The Labute approximate surface area is 193 Å². The highest BCUT2D eigenvalue weighted by atomic mass is 16.5. The van der Waals surface area contributed by atoms with Gasteiger partial charge in [-0.15, -0.1) is 0 Å². The van der Waals surface area contributed by atoms with Gasteiger partial charge in [-0.05, 0) is 30.2 Å². The second kappa shape index (κ2) is 10.7. The van der Waals surface area contributed by atoms with Gasteiger partial charge >= 0.3 is 5.97 Å². The minimum atomic E-state index is -0.895. The summed E-state index contributed by atoms with van der Waals surface area (Å²) in [5, 5.41) is 14.1. The van der Waals surface area contributed by atoms with Crippen molar-refractivity contribution in [2.75, 3.05) is 6.61 Å². The summed E-state index contributed by atoms with van der Waals surface area (Å²) in [5.41, 5.74) is 3.86.